The zero-order chi connectivity index (χ0) is 19.3. The smallest absolute Gasteiger partial charge is 0.269 e. The summed E-state index contributed by atoms with van der Waals surface area (Å²) in [5, 5.41) is 8.59. The van der Waals surface area contributed by atoms with Gasteiger partial charge in [-0.15, -0.1) is 0 Å². The average molecular weight is 391 g/mol. The number of allylic oxidation sites excluding steroid dienone is 2. The Morgan fingerprint density at radius 3 is 1.69 bits per heavy atom. The Morgan fingerprint density at radius 2 is 1.19 bits per heavy atom. The summed E-state index contributed by atoms with van der Waals surface area (Å²) in [7, 11) is -3.51. The number of rotatable bonds is 20. The van der Waals surface area contributed by atoms with E-state index in [1.807, 2.05) is 0 Å². The zero-order valence-corrected chi connectivity index (χ0v) is 17.8. The number of aliphatic hydroxyl groups excluding tert-OH is 1. The summed E-state index contributed by atoms with van der Waals surface area (Å²) in [5.41, 5.74) is 0. The van der Waals surface area contributed by atoms with Crippen molar-refractivity contribution in [3.63, 3.8) is 0 Å². The lowest BCUT2D eigenvalue weighted by Crippen LogP contribution is -2.14. The van der Waals surface area contributed by atoms with Crippen molar-refractivity contribution >= 4 is 10.1 Å². The highest BCUT2D eigenvalue weighted by atomic mass is 32.2. The van der Waals surface area contributed by atoms with E-state index in [1.165, 1.54) is 77.0 Å². The molecule has 0 atom stereocenters. The van der Waals surface area contributed by atoms with Gasteiger partial charge in [0.15, 0.2) is 0 Å². The van der Waals surface area contributed by atoms with Crippen molar-refractivity contribution in [3.8, 4) is 0 Å². The molecule has 0 fully saturated rings. The first-order chi connectivity index (χ1) is 12.6. The van der Waals surface area contributed by atoms with Crippen LogP contribution >= 0.6 is 0 Å². The summed E-state index contributed by atoms with van der Waals surface area (Å²) < 4.78 is 27.2. The van der Waals surface area contributed by atoms with E-state index in [-0.39, 0.29) is 19.0 Å². The third-order valence-corrected chi connectivity index (χ3v) is 5.72. The molecule has 0 aromatic rings. The fourth-order valence-corrected chi connectivity index (χ4v) is 3.60. The standard InChI is InChI=1S/C21H42O4S/c1-2-3-4-5-6-7-8-9-10-11-12-13-14-15-16-17-18-20-25-26(23,24)21-19-22/h9-10,22H,2-8,11-21H2,1H3/b10-9-. The molecule has 0 aliphatic carbocycles. The second-order valence-corrected chi connectivity index (χ2v) is 8.86. The number of hydrogen-bond donors (Lipinski definition) is 1. The maximum absolute atomic E-state index is 11.2. The molecule has 1 N–H and O–H groups in total. The first-order valence-electron chi connectivity index (χ1n) is 10.8. The van der Waals surface area contributed by atoms with Gasteiger partial charge in [0.1, 0.15) is 0 Å². The molecule has 0 aromatic heterocycles. The summed E-state index contributed by atoms with van der Waals surface area (Å²) in [6.45, 7) is 2.12. The predicted molar refractivity (Wildman–Crippen MR) is 111 cm³/mol. The highest BCUT2D eigenvalue weighted by Crippen LogP contribution is 2.11. The van der Waals surface area contributed by atoms with Gasteiger partial charge >= 0.3 is 0 Å². The Bertz CT molecular complexity index is 404. The minimum atomic E-state index is -3.51. The van der Waals surface area contributed by atoms with Crippen LogP contribution in [0.5, 0.6) is 0 Å². The Hall–Kier alpha value is -0.390. The van der Waals surface area contributed by atoms with Crippen LogP contribution < -0.4 is 0 Å². The van der Waals surface area contributed by atoms with Crippen molar-refractivity contribution in [2.75, 3.05) is 19.0 Å². The quantitative estimate of drug-likeness (QED) is 0.163. The maximum atomic E-state index is 11.2. The number of hydrogen-bond acceptors (Lipinski definition) is 4. The normalized spacial score (nSPS) is 12.2. The molecule has 0 spiro atoms. The van der Waals surface area contributed by atoms with E-state index in [9.17, 15) is 8.42 Å². The summed E-state index contributed by atoms with van der Waals surface area (Å²) >= 11 is 0. The van der Waals surface area contributed by atoms with E-state index in [0.29, 0.717) is 0 Å². The molecule has 0 aromatic carbocycles. The monoisotopic (exact) mass is 390 g/mol. The van der Waals surface area contributed by atoms with Gasteiger partial charge in [0.05, 0.1) is 19.0 Å². The van der Waals surface area contributed by atoms with Gasteiger partial charge in [0, 0.05) is 0 Å². The molecule has 5 heteroatoms. The Balaban J connectivity index is 3.21. The molecule has 156 valence electrons. The molecule has 0 rings (SSSR count). The molecule has 0 heterocycles. The van der Waals surface area contributed by atoms with Crippen LogP contribution in [0.1, 0.15) is 103 Å². The van der Waals surface area contributed by atoms with Crippen LogP contribution in [0.4, 0.5) is 0 Å². The second kappa shape index (κ2) is 19.4. The van der Waals surface area contributed by atoms with Gasteiger partial charge in [0.25, 0.3) is 10.1 Å². The molecule has 26 heavy (non-hydrogen) atoms. The molecule has 0 aliphatic rings. The summed E-state index contributed by atoms with van der Waals surface area (Å²) in [4.78, 5) is 0. The van der Waals surface area contributed by atoms with E-state index >= 15 is 0 Å². The fraction of sp³-hybridized carbons (Fsp3) is 0.905. The second-order valence-electron chi connectivity index (χ2n) is 7.10. The first-order valence-corrected chi connectivity index (χ1v) is 12.3. The Labute approximate surface area is 162 Å². The van der Waals surface area contributed by atoms with Gasteiger partial charge < -0.3 is 5.11 Å². The van der Waals surface area contributed by atoms with Crippen molar-refractivity contribution in [2.45, 2.75) is 103 Å². The van der Waals surface area contributed by atoms with Gasteiger partial charge in [-0.3, -0.25) is 4.18 Å². The van der Waals surface area contributed by atoms with Gasteiger partial charge in [0.2, 0.25) is 0 Å². The van der Waals surface area contributed by atoms with E-state index in [4.69, 9.17) is 9.29 Å². The molecule has 0 saturated carbocycles. The Morgan fingerprint density at radius 1 is 0.731 bits per heavy atom. The molecule has 0 saturated heterocycles. The largest absolute Gasteiger partial charge is 0.395 e. The van der Waals surface area contributed by atoms with Crippen LogP contribution in [0.3, 0.4) is 0 Å². The van der Waals surface area contributed by atoms with E-state index < -0.39 is 10.1 Å². The van der Waals surface area contributed by atoms with Gasteiger partial charge in [-0.05, 0) is 32.1 Å². The minimum absolute atomic E-state index is 0.242. The van der Waals surface area contributed by atoms with Gasteiger partial charge in [-0.1, -0.05) is 83.3 Å². The third-order valence-electron chi connectivity index (χ3n) is 4.51. The highest BCUT2D eigenvalue weighted by molar-refractivity contribution is 7.86. The molecule has 4 nitrogen and oxygen atoms in total. The average Bonchev–Trinajstić information content (AvgIpc) is 2.60. The third kappa shape index (κ3) is 19.9. The van der Waals surface area contributed by atoms with Crippen LogP contribution in [-0.2, 0) is 14.3 Å². The van der Waals surface area contributed by atoms with E-state index in [2.05, 4.69) is 19.1 Å². The molecule has 0 radical (unpaired) electrons. The van der Waals surface area contributed by atoms with Crippen LogP contribution in [0.25, 0.3) is 0 Å². The van der Waals surface area contributed by atoms with Crippen molar-refractivity contribution in [1.82, 2.24) is 0 Å². The summed E-state index contributed by atoms with van der Waals surface area (Å²) in [6.07, 6.45) is 23.3. The van der Waals surface area contributed by atoms with Crippen LogP contribution in [0, 0.1) is 0 Å². The maximum Gasteiger partial charge on any atom is 0.269 e. The lowest BCUT2D eigenvalue weighted by molar-refractivity contribution is 0.285. The lowest BCUT2D eigenvalue weighted by atomic mass is 10.1. The topological polar surface area (TPSA) is 63.6 Å². The molecular weight excluding hydrogens is 348 g/mol. The predicted octanol–water partition coefficient (Wildman–Crippen LogP) is 5.75. The zero-order valence-electron chi connectivity index (χ0n) is 17.0. The lowest BCUT2D eigenvalue weighted by Gasteiger charge is -2.04. The van der Waals surface area contributed by atoms with Gasteiger partial charge in [-0.2, -0.15) is 8.42 Å². The number of unbranched alkanes of at least 4 members (excludes halogenated alkanes) is 13. The van der Waals surface area contributed by atoms with Crippen LogP contribution in [0.15, 0.2) is 12.2 Å². The minimum Gasteiger partial charge on any atom is -0.395 e. The van der Waals surface area contributed by atoms with Crippen LogP contribution in [0.2, 0.25) is 0 Å². The molecular formula is C21H42O4S. The molecule has 0 bridgehead atoms. The van der Waals surface area contributed by atoms with Crippen molar-refractivity contribution in [3.05, 3.63) is 12.2 Å². The van der Waals surface area contributed by atoms with Crippen molar-refractivity contribution in [1.29, 1.82) is 0 Å². The van der Waals surface area contributed by atoms with E-state index in [1.54, 1.807) is 0 Å². The summed E-state index contributed by atoms with van der Waals surface area (Å²) in [6, 6.07) is 0. The fourth-order valence-electron chi connectivity index (χ4n) is 2.88. The SMILES string of the molecule is CCCCCCCC/C=C\CCCCCCCCCOS(=O)(=O)CCO. The molecule has 0 amide bonds. The highest BCUT2D eigenvalue weighted by Gasteiger charge is 2.08. The van der Waals surface area contributed by atoms with Crippen molar-refractivity contribution in [2.24, 2.45) is 0 Å². The number of aliphatic hydroxyl groups is 1. The Kier molecular flexibility index (Phi) is 19.1. The van der Waals surface area contributed by atoms with Crippen LogP contribution in [-0.4, -0.2) is 32.5 Å². The van der Waals surface area contributed by atoms with E-state index in [0.717, 1.165) is 19.3 Å². The first kappa shape index (κ1) is 25.6. The molecule has 0 unspecified atom stereocenters. The molecule has 0 aliphatic heterocycles. The van der Waals surface area contributed by atoms with Crippen molar-refractivity contribution < 1.29 is 17.7 Å². The van der Waals surface area contributed by atoms with Gasteiger partial charge in [-0.25, -0.2) is 0 Å². The summed E-state index contributed by atoms with van der Waals surface area (Å²) in [5.74, 6) is -0.305.